The summed E-state index contributed by atoms with van der Waals surface area (Å²) < 4.78 is 10.8. The maximum Gasteiger partial charge on any atom is 0.214 e. The molecule has 0 saturated heterocycles. The van der Waals surface area contributed by atoms with Crippen LogP contribution in [0, 0.1) is 10.1 Å². The number of methoxy groups -OCH3 is 2. The summed E-state index contributed by atoms with van der Waals surface area (Å²) in [6, 6.07) is 23.3. The molecule has 0 bridgehead atoms. The Bertz CT molecular complexity index is 1180. The van der Waals surface area contributed by atoms with E-state index in [9.17, 15) is 10.1 Å². The van der Waals surface area contributed by atoms with Crippen molar-refractivity contribution < 1.29 is 14.4 Å². The molecule has 0 fully saturated rings. The maximum atomic E-state index is 11.7. The molecule has 0 aliphatic rings. The lowest BCUT2D eigenvalue weighted by Crippen LogP contribution is -2.15. The van der Waals surface area contributed by atoms with Crippen LogP contribution < -0.4 is 9.47 Å². The number of hydrogen-bond donors (Lipinski definition) is 1. The van der Waals surface area contributed by atoms with Crippen molar-refractivity contribution in [1.82, 2.24) is 4.98 Å². The highest BCUT2D eigenvalue weighted by Gasteiger charge is 2.28. The van der Waals surface area contributed by atoms with Gasteiger partial charge in [-0.25, -0.2) is 0 Å². The van der Waals surface area contributed by atoms with Crippen molar-refractivity contribution in [3.05, 3.63) is 94.0 Å². The Labute approximate surface area is 174 Å². The molecule has 4 aromatic rings. The van der Waals surface area contributed by atoms with Crippen LogP contribution in [0.2, 0.25) is 0 Å². The van der Waals surface area contributed by atoms with E-state index in [4.69, 9.17) is 9.47 Å². The first-order valence-electron chi connectivity index (χ1n) is 9.62. The van der Waals surface area contributed by atoms with E-state index in [1.165, 1.54) is 0 Å². The van der Waals surface area contributed by atoms with Gasteiger partial charge in [0.15, 0.2) is 11.5 Å². The SMILES string of the molecule is COc1ccc([C@@H](C[N+](=O)[O-])c2c(-c3ccccc3)[nH]c3ccccc23)cc1OC. The Hall–Kier alpha value is -3.80. The van der Waals surface area contributed by atoms with Gasteiger partial charge < -0.3 is 14.5 Å². The first-order valence-corrected chi connectivity index (χ1v) is 9.62. The van der Waals surface area contributed by atoms with E-state index in [0.29, 0.717) is 11.5 Å². The number of hydrogen-bond acceptors (Lipinski definition) is 4. The van der Waals surface area contributed by atoms with Crippen LogP contribution in [0.25, 0.3) is 22.2 Å². The number of nitrogens with zero attached hydrogens (tertiary/aromatic N) is 1. The van der Waals surface area contributed by atoms with Crippen molar-refractivity contribution in [1.29, 1.82) is 0 Å². The van der Waals surface area contributed by atoms with Crippen molar-refractivity contribution in [2.75, 3.05) is 20.8 Å². The zero-order chi connectivity index (χ0) is 21.1. The normalized spacial score (nSPS) is 11.9. The van der Waals surface area contributed by atoms with Gasteiger partial charge in [-0.3, -0.25) is 10.1 Å². The number of para-hydroxylation sites is 1. The van der Waals surface area contributed by atoms with E-state index in [0.717, 1.165) is 33.3 Å². The van der Waals surface area contributed by atoms with E-state index in [2.05, 4.69) is 4.98 Å². The minimum Gasteiger partial charge on any atom is -0.493 e. The quantitative estimate of drug-likeness (QED) is 0.338. The molecule has 1 N–H and O–H groups in total. The monoisotopic (exact) mass is 402 g/mol. The molecule has 1 heterocycles. The predicted octanol–water partition coefficient (Wildman–Crippen LogP) is 5.26. The van der Waals surface area contributed by atoms with Crippen LogP contribution in [-0.2, 0) is 0 Å². The van der Waals surface area contributed by atoms with Crippen LogP contribution >= 0.6 is 0 Å². The van der Waals surface area contributed by atoms with Crippen LogP contribution in [0.1, 0.15) is 17.0 Å². The first-order chi connectivity index (χ1) is 14.6. The van der Waals surface area contributed by atoms with Gasteiger partial charge in [0, 0.05) is 15.8 Å². The van der Waals surface area contributed by atoms with Crippen LogP contribution in [0.15, 0.2) is 72.8 Å². The molecule has 0 unspecified atom stereocenters. The predicted molar refractivity (Wildman–Crippen MR) is 117 cm³/mol. The molecule has 30 heavy (non-hydrogen) atoms. The zero-order valence-electron chi connectivity index (χ0n) is 16.8. The molecule has 0 aliphatic carbocycles. The minimum absolute atomic E-state index is 0.239. The van der Waals surface area contributed by atoms with Gasteiger partial charge in [-0.1, -0.05) is 54.6 Å². The summed E-state index contributed by atoms with van der Waals surface area (Å²) in [6.07, 6.45) is 0. The second-order valence-electron chi connectivity index (χ2n) is 7.01. The van der Waals surface area contributed by atoms with Crippen molar-refractivity contribution in [2.24, 2.45) is 0 Å². The average Bonchev–Trinajstić information content (AvgIpc) is 3.17. The third kappa shape index (κ3) is 3.59. The molecular weight excluding hydrogens is 380 g/mol. The van der Waals surface area contributed by atoms with Gasteiger partial charge in [0.05, 0.1) is 25.8 Å². The second kappa shape index (κ2) is 8.29. The molecule has 0 saturated carbocycles. The van der Waals surface area contributed by atoms with Gasteiger partial charge >= 0.3 is 0 Å². The Morgan fingerprint density at radius 3 is 2.33 bits per heavy atom. The number of nitrogens with one attached hydrogen (secondary N) is 1. The number of ether oxygens (including phenoxy) is 2. The summed E-state index contributed by atoms with van der Waals surface area (Å²) in [7, 11) is 3.13. The number of aromatic amines is 1. The van der Waals surface area contributed by atoms with Crippen LogP contribution in [0.4, 0.5) is 0 Å². The Morgan fingerprint density at radius 2 is 1.63 bits per heavy atom. The average molecular weight is 402 g/mol. The van der Waals surface area contributed by atoms with Gasteiger partial charge in [0.25, 0.3) is 0 Å². The summed E-state index contributed by atoms with van der Waals surface area (Å²) in [5.74, 6) is 0.666. The van der Waals surface area contributed by atoms with Crippen molar-refractivity contribution in [3.63, 3.8) is 0 Å². The Balaban J connectivity index is 1.97. The molecule has 0 aliphatic heterocycles. The van der Waals surface area contributed by atoms with Gasteiger partial charge in [0.1, 0.15) is 0 Å². The number of rotatable bonds is 7. The minimum atomic E-state index is -0.467. The molecule has 6 heteroatoms. The van der Waals surface area contributed by atoms with E-state index < -0.39 is 5.92 Å². The number of nitro groups is 1. The second-order valence-corrected chi connectivity index (χ2v) is 7.01. The fourth-order valence-corrected chi connectivity index (χ4v) is 3.94. The fraction of sp³-hybridized carbons (Fsp3) is 0.167. The molecule has 152 valence electrons. The number of H-pyrrole nitrogens is 1. The Morgan fingerprint density at radius 1 is 0.933 bits per heavy atom. The highest BCUT2D eigenvalue weighted by molar-refractivity contribution is 5.92. The summed E-state index contributed by atoms with van der Waals surface area (Å²) in [5, 5.41) is 12.6. The number of fused-ring (bicyclic) bond motifs is 1. The maximum absolute atomic E-state index is 11.7. The highest BCUT2D eigenvalue weighted by Crippen LogP contribution is 2.41. The van der Waals surface area contributed by atoms with Crippen LogP contribution in [0.3, 0.4) is 0 Å². The van der Waals surface area contributed by atoms with E-state index in [-0.39, 0.29) is 11.5 Å². The smallest absolute Gasteiger partial charge is 0.214 e. The molecule has 6 nitrogen and oxygen atoms in total. The molecule has 1 atom stereocenters. The lowest BCUT2D eigenvalue weighted by Gasteiger charge is -2.18. The fourth-order valence-electron chi connectivity index (χ4n) is 3.94. The molecule has 3 aromatic carbocycles. The Kier molecular flexibility index (Phi) is 5.39. The first kappa shape index (κ1) is 19.5. The molecular formula is C24H22N2O4. The van der Waals surface area contributed by atoms with Gasteiger partial charge in [0.2, 0.25) is 6.54 Å². The largest absolute Gasteiger partial charge is 0.493 e. The lowest BCUT2D eigenvalue weighted by molar-refractivity contribution is -0.481. The summed E-state index contributed by atoms with van der Waals surface area (Å²) in [4.78, 5) is 14.9. The molecule has 0 spiro atoms. The summed E-state index contributed by atoms with van der Waals surface area (Å²) in [5.41, 5.74) is 4.52. The van der Waals surface area contributed by atoms with Gasteiger partial charge in [-0.05, 0) is 34.9 Å². The van der Waals surface area contributed by atoms with Crippen molar-refractivity contribution in [2.45, 2.75) is 5.92 Å². The van der Waals surface area contributed by atoms with E-state index in [1.54, 1.807) is 20.3 Å². The standard InChI is InChI=1S/C24H22N2O4/c1-29-21-13-12-17(14-22(21)30-2)19(15-26(27)28)23-18-10-6-7-11-20(18)25-24(23)16-8-4-3-5-9-16/h3-14,19,25H,15H2,1-2H3/t19-/m1/s1. The van der Waals surface area contributed by atoms with Gasteiger partial charge in [-0.2, -0.15) is 0 Å². The van der Waals surface area contributed by atoms with Gasteiger partial charge in [-0.15, -0.1) is 0 Å². The summed E-state index contributed by atoms with van der Waals surface area (Å²) >= 11 is 0. The molecule has 1 aromatic heterocycles. The third-order valence-corrected chi connectivity index (χ3v) is 5.30. The van der Waals surface area contributed by atoms with Crippen molar-refractivity contribution >= 4 is 10.9 Å². The van der Waals surface area contributed by atoms with Crippen LogP contribution in [-0.4, -0.2) is 30.7 Å². The van der Waals surface area contributed by atoms with Crippen molar-refractivity contribution in [3.8, 4) is 22.8 Å². The van der Waals surface area contributed by atoms with E-state index in [1.807, 2.05) is 66.7 Å². The number of benzene rings is 3. The topological polar surface area (TPSA) is 77.4 Å². The lowest BCUT2D eigenvalue weighted by atomic mass is 9.87. The number of aromatic nitrogens is 1. The third-order valence-electron chi connectivity index (χ3n) is 5.30. The highest BCUT2D eigenvalue weighted by atomic mass is 16.6. The van der Waals surface area contributed by atoms with Crippen LogP contribution in [0.5, 0.6) is 11.5 Å². The zero-order valence-corrected chi connectivity index (χ0v) is 16.8. The molecule has 4 rings (SSSR count). The summed E-state index contributed by atoms with van der Waals surface area (Å²) in [6.45, 7) is -0.239. The molecule has 0 radical (unpaired) electrons. The molecule has 0 amide bonds. The van der Waals surface area contributed by atoms with E-state index >= 15 is 0 Å².